The van der Waals surface area contributed by atoms with Gasteiger partial charge < -0.3 is 4.74 Å². The Morgan fingerprint density at radius 3 is 2.82 bits per heavy atom. The summed E-state index contributed by atoms with van der Waals surface area (Å²) >= 11 is 1.39. The Kier molecular flexibility index (Phi) is 5.66. The minimum atomic E-state index is -0.238. The van der Waals surface area contributed by atoms with Gasteiger partial charge >= 0.3 is 0 Å². The molecule has 1 heterocycles. The van der Waals surface area contributed by atoms with E-state index in [4.69, 9.17) is 4.74 Å². The van der Waals surface area contributed by atoms with Crippen LogP contribution in [-0.4, -0.2) is 22.7 Å². The van der Waals surface area contributed by atoms with Crippen LogP contribution in [0.1, 0.15) is 37.3 Å². The van der Waals surface area contributed by atoms with Crippen molar-refractivity contribution in [3.63, 3.8) is 0 Å². The maximum Gasteiger partial charge on any atom is 0.250 e. The van der Waals surface area contributed by atoms with Gasteiger partial charge in [-0.05, 0) is 19.1 Å². The van der Waals surface area contributed by atoms with Crippen LogP contribution < -0.4 is 10.1 Å². The molecule has 1 amide bonds. The van der Waals surface area contributed by atoms with Gasteiger partial charge in [-0.1, -0.05) is 43.4 Å². The molecule has 6 heteroatoms. The van der Waals surface area contributed by atoms with Gasteiger partial charge in [-0.2, -0.15) is 0 Å². The van der Waals surface area contributed by atoms with Crippen molar-refractivity contribution in [3.8, 4) is 5.75 Å². The number of carbonyl (C=O) groups excluding carboxylic acids is 1. The van der Waals surface area contributed by atoms with Crippen LogP contribution in [-0.2, 0) is 4.79 Å². The van der Waals surface area contributed by atoms with Crippen molar-refractivity contribution >= 4 is 28.5 Å². The first-order chi connectivity index (χ1) is 10.6. The predicted molar refractivity (Wildman–Crippen MR) is 89.3 cm³/mol. The largest absolute Gasteiger partial charge is 0.493 e. The molecular weight excluding hydrogens is 298 g/mol. The molecule has 0 saturated heterocycles. The minimum Gasteiger partial charge on any atom is -0.493 e. The highest BCUT2D eigenvalue weighted by molar-refractivity contribution is 7.15. The molecule has 0 fully saturated rings. The molecule has 0 atom stereocenters. The predicted octanol–water partition coefficient (Wildman–Crippen LogP) is 3.71. The third-order valence-corrected chi connectivity index (χ3v) is 3.94. The van der Waals surface area contributed by atoms with Gasteiger partial charge in [0.1, 0.15) is 10.8 Å². The standard InChI is InChI=1S/C16H19N3O2S/c1-4-21-13-8-6-5-7-12(13)9-10-14(20)17-16-19-18-15(22-16)11(2)3/h5-11H,4H2,1-3H3,(H,17,19,20)/b10-9+. The summed E-state index contributed by atoms with van der Waals surface area (Å²) < 4.78 is 5.51. The van der Waals surface area contributed by atoms with Gasteiger partial charge in [-0.3, -0.25) is 10.1 Å². The van der Waals surface area contributed by atoms with Crippen LogP contribution in [0, 0.1) is 0 Å². The SMILES string of the molecule is CCOc1ccccc1/C=C/C(=O)Nc1nnc(C(C)C)s1. The van der Waals surface area contributed by atoms with E-state index in [1.54, 1.807) is 6.08 Å². The van der Waals surface area contributed by atoms with E-state index in [-0.39, 0.29) is 5.91 Å². The third-order valence-electron chi connectivity index (χ3n) is 2.80. The number of benzene rings is 1. The Morgan fingerprint density at radius 2 is 2.14 bits per heavy atom. The van der Waals surface area contributed by atoms with E-state index < -0.39 is 0 Å². The highest BCUT2D eigenvalue weighted by Gasteiger charge is 2.09. The van der Waals surface area contributed by atoms with Crippen LogP contribution in [0.2, 0.25) is 0 Å². The van der Waals surface area contributed by atoms with E-state index in [0.29, 0.717) is 17.7 Å². The fourth-order valence-corrected chi connectivity index (χ4v) is 2.48. The zero-order chi connectivity index (χ0) is 15.9. The molecule has 0 radical (unpaired) electrons. The van der Waals surface area contributed by atoms with Crippen molar-refractivity contribution < 1.29 is 9.53 Å². The third kappa shape index (κ3) is 4.39. The summed E-state index contributed by atoms with van der Waals surface area (Å²) in [5.41, 5.74) is 0.861. The highest BCUT2D eigenvalue weighted by Crippen LogP contribution is 2.23. The van der Waals surface area contributed by atoms with Crippen molar-refractivity contribution in [2.45, 2.75) is 26.7 Å². The molecule has 22 heavy (non-hydrogen) atoms. The maximum atomic E-state index is 11.9. The zero-order valence-corrected chi connectivity index (χ0v) is 13.7. The number of nitrogens with one attached hydrogen (secondary N) is 1. The molecule has 0 aliphatic rings. The van der Waals surface area contributed by atoms with E-state index in [1.165, 1.54) is 17.4 Å². The van der Waals surface area contributed by atoms with Crippen LogP contribution in [0.5, 0.6) is 5.75 Å². The molecule has 2 rings (SSSR count). The van der Waals surface area contributed by atoms with Crippen LogP contribution >= 0.6 is 11.3 Å². The maximum absolute atomic E-state index is 11.9. The number of anilines is 1. The van der Waals surface area contributed by atoms with Gasteiger partial charge in [-0.15, -0.1) is 10.2 Å². The second kappa shape index (κ2) is 7.70. The summed E-state index contributed by atoms with van der Waals surface area (Å²) in [6.45, 7) is 6.59. The van der Waals surface area contributed by atoms with Gasteiger partial charge in [0.05, 0.1) is 6.61 Å². The van der Waals surface area contributed by atoms with Crippen molar-refractivity contribution in [2.75, 3.05) is 11.9 Å². The summed E-state index contributed by atoms with van der Waals surface area (Å²) in [4.78, 5) is 11.9. The first-order valence-electron chi connectivity index (χ1n) is 7.14. The molecule has 0 aliphatic carbocycles. The summed E-state index contributed by atoms with van der Waals surface area (Å²) in [5.74, 6) is 0.821. The second-order valence-electron chi connectivity index (χ2n) is 4.89. The number of ether oxygens (including phenoxy) is 1. The number of hydrogen-bond donors (Lipinski definition) is 1. The topological polar surface area (TPSA) is 64.1 Å². The molecule has 0 bridgehead atoms. The number of para-hydroxylation sites is 1. The Hall–Kier alpha value is -2.21. The van der Waals surface area contributed by atoms with Crippen LogP contribution in [0.15, 0.2) is 30.3 Å². The molecule has 1 N–H and O–H groups in total. The van der Waals surface area contributed by atoms with Gasteiger partial charge in [0.2, 0.25) is 11.0 Å². The molecule has 0 unspecified atom stereocenters. The smallest absolute Gasteiger partial charge is 0.250 e. The molecular formula is C16H19N3O2S. The Bertz CT molecular complexity index is 665. The van der Waals surface area contributed by atoms with E-state index in [2.05, 4.69) is 15.5 Å². The highest BCUT2D eigenvalue weighted by atomic mass is 32.1. The monoisotopic (exact) mass is 317 g/mol. The van der Waals surface area contributed by atoms with Crippen LogP contribution in [0.3, 0.4) is 0 Å². The molecule has 0 saturated carbocycles. The first kappa shape index (κ1) is 16.2. The Morgan fingerprint density at radius 1 is 1.36 bits per heavy atom. The quantitative estimate of drug-likeness (QED) is 0.825. The Labute approximate surface area is 134 Å². The number of carbonyl (C=O) groups is 1. The second-order valence-corrected chi connectivity index (χ2v) is 5.90. The number of nitrogens with zero attached hydrogens (tertiary/aromatic N) is 2. The molecule has 1 aromatic heterocycles. The zero-order valence-electron chi connectivity index (χ0n) is 12.9. The number of aromatic nitrogens is 2. The fraction of sp³-hybridized carbons (Fsp3) is 0.312. The van der Waals surface area contributed by atoms with Crippen molar-refractivity contribution in [1.82, 2.24) is 10.2 Å². The lowest BCUT2D eigenvalue weighted by molar-refractivity contribution is -0.111. The van der Waals surface area contributed by atoms with Crippen molar-refractivity contribution in [2.24, 2.45) is 0 Å². The first-order valence-corrected chi connectivity index (χ1v) is 7.96. The van der Waals surface area contributed by atoms with Crippen LogP contribution in [0.25, 0.3) is 6.08 Å². The lowest BCUT2D eigenvalue weighted by Crippen LogP contribution is -2.07. The summed E-state index contributed by atoms with van der Waals surface area (Å²) in [6.07, 6.45) is 3.19. The molecule has 5 nitrogen and oxygen atoms in total. The van der Waals surface area contributed by atoms with Gasteiger partial charge in [-0.25, -0.2) is 0 Å². The Balaban J connectivity index is 2.02. The summed E-state index contributed by atoms with van der Waals surface area (Å²) in [7, 11) is 0. The van der Waals surface area contributed by atoms with E-state index in [1.807, 2.05) is 45.0 Å². The lowest BCUT2D eigenvalue weighted by Gasteiger charge is -2.05. The molecule has 2 aromatic rings. The normalized spacial score (nSPS) is 11.1. The molecule has 116 valence electrons. The van der Waals surface area contributed by atoms with Gasteiger partial charge in [0.15, 0.2) is 0 Å². The van der Waals surface area contributed by atoms with Gasteiger partial charge in [0.25, 0.3) is 0 Å². The fourth-order valence-electron chi connectivity index (χ4n) is 1.74. The van der Waals surface area contributed by atoms with Crippen LogP contribution in [0.4, 0.5) is 5.13 Å². The number of hydrogen-bond acceptors (Lipinski definition) is 5. The van der Waals surface area contributed by atoms with Crippen molar-refractivity contribution in [1.29, 1.82) is 0 Å². The van der Waals surface area contributed by atoms with E-state index in [9.17, 15) is 4.79 Å². The van der Waals surface area contributed by atoms with E-state index >= 15 is 0 Å². The van der Waals surface area contributed by atoms with Crippen molar-refractivity contribution in [3.05, 3.63) is 40.9 Å². The molecule has 0 aliphatic heterocycles. The minimum absolute atomic E-state index is 0.238. The molecule has 1 aromatic carbocycles. The van der Waals surface area contributed by atoms with E-state index in [0.717, 1.165) is 16.3 Å². The number of rotatable bonds is 6. The summed E-state index contributed by atoms with van der Waals surface area (Å²) in [5, 5.41) is 12.1. The van der Waals surface area contributed by atoms with Gasteiger partial charge in [0, 0.05) is 17.6 Å². The summed E-state index contributed by atoms with van der Waals surface area (Å²) in [6, 6.07) is 7.58. The lowest BCUT2D eigenvalue weighted by atomic mass is 10.2. The average molecular weight is 317 g/mol. The number of amides is 1. The molecule has 0 spiro atoms. The average Bonchev–Trinajstić information content (AvgIpc) is 2.95.